The van der Waals surface area contributed by atoms with Crippen LogP contribution in [0.2, 0.25) is 18.1 Å². The van der Waals surface area contributed by atoms with E-state index < -0.39 is 8.32 Å². The maximum Gasteiger partial charge on any atom is 0.250 e. The minimum atomic E-state index is -1.74. The van der Waals surface area contributed by atoms with E-state index in [1.165, 1.54) is 10.0 Å². The highest BCUT2D eigenvalue weighted by molar-refractivity contribution is 9.10. The molecule has 0 atom stereocenters. The largest absolute Gasteiger partial charge is 0.543 e. The van der Waals surface area contributed by atoms with Gasteiger partial charge in [0.1, 0.15) is 5.75 Å². The molecule has 3 heteroatoms. The van der Waals surface area contributed by atoms with E-state index in [-0.39, 0.29) is 5.04 Å². The molecule has 0 saturated carbocycles. The van der Waals surface area contributed by atoms with E-state index in [2.05, 4.69) is 81.8 Å². The van der Waals surface area contributed by atoms with E-state index in [0.717, 1.165) is 5.75 Å². The summed E-state index contributed by atoms with van der Waals surface area (Å²) in [4.78, 5) is 0. The van der Waals surface area contributed by atoms with Gasteiger partial charge in [-0.25, -0.2) is 0 Å². The van der Waals surface area contributed by atoms with E-state index in [1.54, 1.807) is 0 Å². The van der Waals surface area contributed by atoms with Crippen LogP contribution >= 0.6 is 15.9 Å². The summed E-state index contributed by atoms with van der Waals surface area (Å²) in [5.74, 6) is 1.51. The van der Waals surface area contributed by atoms with E-state index >= 15 is 0 Å². The van der Waals surface area contributed by atoms with Crippen molar-refractivity contribution >= 4 is 24.2 Å². The van der Waals surface area contributed by atoms with Crippen LogP contribution in [0.1, 0.15) is 46.1 Å². The lowest BCUT2D eigenvalue weighted by molar-refractivity contribution is 0.491. The summed E-state index contributed by atoms with van der Waals surface area (Å²) in [5.41, 5.74) is 1.31. The zero-order chi connectivity index (χ0) is 14.1. The molecule has 102 valence electrons. The first kappa shape index (κ1) is 15.8. The Kier molecular flexibility index (Phi) is 4.71. The summed E-state index contributed by atoms with van der Waals surface area (Å²) in [5, 5.41) is 0.234. The molecule has 0 N–H and O–H groups in total. The maximum atomic E-state index is 6.33. The Hall–Kier alpha value is -0.283. The van der Waals surface area contributed by atoms with Crippen LogP contribution in [0.4, 0.5) is 0 Å². The number of halogens is 1. The molecule has 1 rings (SSSR count). The first-order chi connectivity index (χ1) is 8.04. The van der Waals surface area contributed by atoms with Gasteiger partial charge in [0, 0.05) is 4.47 Å². The van der Waals surface area contributed by atoms with Crippen LogP contribution in [-0.4, -0.2) is 8.32 Å². The fourth-order valence-electron chi connectivity index (χ4n) is 1.48. The first-order valence-corrected chi connectivity index (χ1v) is 10.2. The lowest BCUT2D eigenvalue weighted by atomic mass is 10.0. The average molecular weight is 329 g/mol. The first-order valence-electron chi connectivity index (χ1n) is 6.53. The third kappa shape index (κ3) is 3.61. The Morgan fingerprint density at radius 2 is 1.72 bits per heavy atom. The monoisotopic (exact) mass is 328 g/mol. The molecule has 0 aromatic heterocycles. The summed E-state index contributed by atoms with van der Waals surface area (Å²) in [6.45, 7) is 15.8. The molecular weight excluding hydrogens is 304 g/mol. The molecule has 0 aliphatic rings. The summed E-state index contributed by atoms with van der Waals surface area (Å²) in [7, 11) is -1.74. The van der Waals surface area contributed by atoms with Crippen molar-refractivity contribution in [2.75, 3.05) is 0 Å². The molecule has 0 amide bonds. The Labute approximate surface area is 121 Å². The van der Waals surface area contributed by atoms with Gasteiger partial charge in [0.15, 0.2) is 0 Å². The summed E-state index contributed by atoms with van der Waals surface area (Å²) in [6.07, 6.45) is 0. The topological polar surface area (TPSA) is 9.23 Å². The van der Waals surface area contributed by atoms with Crippen LogP contribution in [0, 0.1) is 0 Å². The van der Waals surface area contributed by atoms with Crippen LogP contribution < -0.4 is 4.43 Å². The normalized spacial score (nSPS) is 12.9. The predicted molar refractivity (Wildman–Crippen MR) is 86.1 cm³/mol. The van der Waals surface area contributed by atoms with Crippen LogP contribution in [0.5, 0.6) is 5.75 Å². The highest BCUT2D eigenvalue weighted by Crippen LogP contribution is 2.38. The van der Waals surface area contributed by atoms with E-state index in [9.17, 15) is 0 Å². The van der Waals surface area contributed by atoms with Gasteiger partial charge in [-0.2, -0.15) is 0 Å². The van der Waals surface area contributed by atoms with E-state index in [4.69, 9.17) is 4.43 Å². The van der Waals surface area contributed by atoms with Crippen LogP contribution in [-0.2, 0) is 0 Å². The van der Waals surface area contributed by atoms with Crippen molar-refractivity contribution in [1.29, 1.82) is 0 Å². The molecule has 18 heavy (non-hydrogen) atoms. The predicted octanol–water partition coefficient (Wildman–Crippen LogP) is 5.96. The van der Waals surface area contributed by atoms with Gasteiger partial charge in [0.2, 0.25) is 8.32 Å². The summed E-state index contributed by atoms with van der Waals surface area (Å²) >= 11 is 3.61. The minimum Gasteiger partial charge on any atom is -0.543 e. The second-order valence-electron chi connectivity index (χ2n) is 6.70. The SMILES string of the molecule is CC(C)c1cc(O[Si](C)(C)C(C)(C)C)ccc1Br. The molecule has 0 aliphatic heterocycles. The lowest BCUT2D eigenvalue weighted by Gasteiger charge is -2.36. The van der Waals surface area contributed by atoms with E-state index in [0.29, 0.717) is 5.92 Å². The molecule has 1 nitrogen and oxygen atoms in total. The van der Waals surface area contributed by atoms with Crippen molar-refractivity contribution in [2.24, 2.45) is 0 Å². The van der Waals surface area contributed by atoms with Crippen molar-refractivity contribution in [2.45, 2.75) is 58.7 Å². The van der Waals surface area contributed by atoms with Crippen molar-refractivity contribution in [3.8, 4) is 5.75 Å². The smallest absolute Gasteiger partial charge is 0.250 e. The van der Waals surface area contributed by atoms with Gasteiger partial charge in [-0.05, 0) is 47.8 Å². The molecule has 1 aromatic carbocycles. The van der Waals surface area contributed by atoms with Gasteiger partial charge in [-0.1, -0.05) is 50.5 Å². The van der Waals surface area contributed by atoms with Crippen molar-refractivity contribution in [3.63, 3.8) is 0 Å². The fourth-order valence-corrected chi connectivity index (χ4v) is 3.20. The third-order valence-electron chi connectivity index (χ3n) is 3.77. The van der Waals surface area contributed by atoms with Crippen LogP contribution in [0.25, 0.3) is 0 Å². The number of benzene rings is 1. The highest BCUT2D eigenvalue weighted by atomic mass is 79.9. The molecule has 0 aliphatic carbocycles. The van der Waals surface area contributed by atoms with Gasteiger partial charge in [0.05, 0.1) is 0 Å². The Bertz CT molecular complexity index is 419. The average Bonchev–Trinajstić information content (AvgIpc) is 2.18. The Morgan fingerprint density at radius 1 is 1.17 bits per heavy atom. The summed E-state index contributed by atoms with van der Waals surface area (Å²) in [6, 6.07) is 6.34. The number of hydrogen-bond donors (Lipinski definition) is 0. The molecule has 0 radical (unpaired) electrons. The zero-order valence-corrected chi connectivity index (χ0v) is 15.2. The van der Waals surface area contributed by atoms with Crippen LogP contribution in [0.15, 0.2) is 22.7 Å². The second-order valence-corrected chi connectivity index (χ2v) is 12.3. The van der Waals surface area contributed by atoms with Gasteiger partial charge in [-0.3, -0.25) is 0 Å². The quantitative estimate of drug-likeness (QED) is 0.622. The Balaban J connectivity index is 3.03. The van der Waals surface area contributed by atoms with Gasteiger partial charge in [0.25, 0.3) is 0 Å². The Morgan fingerprint density at radius 3 is 2.17 bits per heavy atom. The van der Waals surface area contributed by atoms with Gasteiger partial charge in [-0.15, -0.1) is 0 Å². The molecule has 0 spiro atoms. The van der Waals surface area contributed by atoms with Gasteiger partial charge >= 0.3 is 0 Å². The number of rotatable bonds is 3. The molecule has 0 bridgehead atoms. The van der Waals surface area contributed by atoms with Crippen molar-refractivity contribution in [3.05, 3.63) is 28.2 Å². The molecular formula is C15H25BrOSi. The zero-order valence-electron chi connectivity index (χ0n) is 12.6. The summed E-state index contributed by atoms with van der Waals surface area (Å²) < 4.78 is 7.50. The highest BCUT2D eigenvalue weighted by Gasteiger charge is 2.39. The molecule has 0 saturated heterocycles. The van der Waals surface area contributed by atoms with E-state index in [1.807, 2.05) is 0 Å². The minimum absolute atomic E-state index is 0.234. The number of hydrogen-bond acceptors (Lipinski definition) is 1. The van der Waals surface area contributed by atoms with Crippen molar-refractivity contribution < 1.29 is 4.43 Å². The fraction of sp³-hybridized carbons (Fsp3) is 0.600. The maximum absolute atomic E-state index is 6.33. The van der Waals surface area contributed by atoms with Crippen LogP contribution in [0.3, 0.4) is 0 Å². The molecule has 0 heterocycles. The molecule has 1 aromatic rings. The lowest BCUT2D eigenvalue weighted by Crippen LogP contribution is -2.43. The molecule has 0 fully saturated rings. The van der Waals surface area contributed by atoms with Crippen molar-refractivity contribution in [1.82, 2.24) is 0 Å². The third-order valence-corrected chi connectivity index (χ3v) is 8.85. The molecule has 0 unspecified atom stereocenters. The standard InChI is InChI=1S/C15H25BrOSi/c1-11(2)13-10-12(8-9-14(13)16)17-18(6,7)15(3,4)5/h8-11H,1-7H3. The second kappa shape index (κ2) is 5.38. The van der Waals surface area contributed by atoms with Gasteiger partial charge < -0.3 is 4.43 Å².